The summed E-state index contributed by atoms with van der Waals surface area (Å²) < 4.78 is 5.46. The van der Waals surface area contributed by atoms with Gasteiger partial charge in [0.05, 0.1) is 18.8 Å². The van der Waals surface area contributed by atoms with Gasteiger partial charge in [0.15, 0.2) is 0 Å². The van der Waals surface area contributed by atoms with Crippen molar-refractivity contribution in [3.8, 4) is 0 Å². The lowest BCUT2D eigenvalue weighted by atomic mass is 9.79. The van der Waals surface area contributed by atoms with Crippen LogP contribution in [0, 0.1) is 11.8 Å². The van der Waals surface area contributed by atoms with Crippen LogP contribution in [0.25, 0.3) is 0 Å². The predicted molar refractivity (Wildman–Crippen MR) is 51.5 cm³/mol. The molecular weight excluding hydrogens is 164 g/mol. The average molecular weight is 184 g/mol. The van der Waals surface area contributed by atoms with Crippen LogP contribution in [0.15, 0.2) is 0 Å². The number of aliphatic hydroxyl groups is 1. The quantitative estimate of drug-likeness (QED) is 0.726. The van der Waals surface area contributed by atoms with E-state index in [0.717, 1.165) is 25.4 Å². The van der Waals surface area contributed by atoms with Crippen LogP contribution in [0.4, 0.5) is 0 Å². The molecule has 2 rings (SSSR count). The molecule has 13 heavy (non-hydrogen) atoms. The first-order valence-corrected chi connectivity index (χ1v) is 5.55. The normalized spacial score (nSPS) is 37.4. The van der Waals surface area contributed by atoms with Crippen LogP contribution in [-0.2, 0) is 4.74 Å². The minimum absolute atomic E-state index is 0.102. The third kappa shape index (κ3) is 2.23. The average Bonchev–Trinajstić information content (AvgIpc) is 2.44. The van der Waals surface area contributed by atoms with Gasteiger partial charge in [0, 0.05) is 5.92 Å². The van der Waals surface area contributed by atoms with Gasteiger partial charge in [0.25, 0.3) is 0 Å². The van der Waals surface area contributed by atoms with Gasteiger partial charge in [-0.2, -0.15) is 0 Å². The van der Waals surface area contributed by atoms with E-state index in [1.165, 1.54) is 19.3 Å². The van der Waals surface area contributed by atoms with E-state index in [1.807, 2.05) is 0 Å². The van der Waals surface area contributed by atoms with Crippen LogP contribution in [-0.4, -0.2) is 23.9 Å². The van der Waals surface area contributed by atoms with Crippen molar-refractivity contribution in [1.29, 1.82) is 0 Å². The van der Waals surface area contributed by atoms with E-state index in [1.54, 1.807) is 0 Å². The Kier molecular flexibility index (Phi) is 2.89. The minimum Gasteiger partial charge on any atom is -0.393 e. The minimum atomic E-state index is -0.102. The van der Waals surface area contributed by atoms with Gasteiger partial charge in [-0.1, -0.05) is 19.3 Å². The Morgan fingerprint density at radius 1 is 1.46 bits per heavy atom. The molecule has 0 aromatic carbocycles. The fourth-order valence-electron chi connectivity index (χ4n) is 2.38. The van der Waals surface area contributed by atoms with Crippen LogP contribution in [0.3, 0.4) is 0 Å². The molecule has 0 aromatic rings. The molecule has 3 unspecified atom stereocenters. The van der Waals surface area contributed by atoms with Crippen molar-refractivity contribution in [1.82, 2.24) is 0 Å². The zero-order valence-corrected chi connectivity index (χ0v) is 8.41. The Morgan fingerprint density at radius 2 is 2.23 bits per heavy atom. The lowest BCUT2D eigenvalue weighted by Crippen LogP contribution is -2.26. The van der Waals surface area contributed by atoms with Gasteiger partial charge in [0.2, 0.25) is 0 Å². The van der Waals surface area contributed by atoms with Gasteiger partial charge < -0.3 is 9.84 Å². The smallest absolute Gasteiger partial charge is 0.0594 e. The zero-order valence-electron chi connectivity index (χ0n) is 8.41. The fraction of sp³-hybridized carbons (Fsp3) is 1.00. The highest BCUT2D eigenvalue weighted by molar-refractivity contribution is 4.81. The van der Waals surface area contributed by atoms with Gasteiger partial charge in [-0.15, -0.1) is 0 Å². The first kappa shape index (κ1) is 9.47. The summed E-state index contributed by atoms with van der Waals surface area (Å²) in [6.45, 7) is 2.87. The van der Waals surface area contributed by atoms with E-state index in [2.05, 4.69) is 6.92 Å². The van der Waals surface area contributed by atoms with Crippen LogP contribution in [0.2, 0.25) is 0 Å². The van der Waals surface area contributed by atoms with Crippen LogP contribution in [0.5, 0.6) is 0 Å². The molecule has 2 fully saturated rings. The van der Waals surface area contributed by atoms with E-state index < -0.39 is 0 Å². The van der Waals surface area contributed by atoms with Crippen LogP contribution >= 0.6 is 0 Å². The number of aliphatic hydroxyl groups excluding tert-OH is 1. The number of hydrogen-bond acceptors (Lipinski definition) is 2. The monoisotopic (exact) mass is 184 g/mol. The van der Waals surface area contributed by atoms with Crippen molar-refractivity contribution >= 4 is 0 Å². The highest BCUT2D eigenvalue weighted by Crippen LogP contribution is 2.34. The molecule has 0 bridgehead atoms. The molecule has 2 heteroatoms. The Bertz CT molecular complexity index is 165. The molecule has 0 spiro atoms. The Hall–Kier alpha value is -0.0800. The number of hydrogen-bond donors (Lipinski definition) is 1. The summed E-state index contributed by atoms with van der Waals surface area (Å²) in [4.78, 5) is 0. The summed E-state index contributed by atoms with van der Waals surface area (Å²) in [7, 11) is 0. The summed E-state index contributed by atoms with van der Waals surface area (Å²) in [5.41, 5.74) is 0. The molecule has 2 nitrogen and oxygen atoms in total. The maximum Gasteiger partial charge on any atom is 0.0594 e. The molecule has 1 heterocycles. The largest absolute Gasteiger partial charge is 0.393 e. The summed E-state index contributed by atoms with van der Waals surface area (Å²) in [5.74, 6) is 1.22. The van der Waals surface area contributed by atoms with Gasteiger partial charge in [-0.25, -0.2) is 0 Å². The molecule has 1 saturated carbocycles. The Labute approximate surface area is 80.3 Å². The van der Waals surface area contributed by atoms with Crippen LogP contribution in [0.1, 0.15) is 39.0 Å². The van der Waals surface area contributed by atoms with Gasteiger partial charge >= 0.3 is 0 Å². The lowest BCUT2D eigenvalue weighted by Gasteiger charge is -2.29. The SMILES string of the molecule is CC1CC(C(O)CC2CCC2)CO1. The molecule has 0 radical (unpaired) electrons. The first-order valence-electron chi connectivity index (χ1n) is 5.55. The molecule has 1 aliphatic carbocycles. The first-order chi connectivity index (χ1) is 6.25. The highest BCUT2D eigenvalue weighted by atomic mass is 16.5. The summed E-state index contributed by atoms with van der Waals surface area (Å²) in [6.07, 6.45) is 6.36. The van der Waals surface area contributed by atoms with E-state index in [0.29, 0.717) is 12.0 Å². The second kappa shape index (κ2) is 3.97. The third-order valence-electron chi connectivity index (χ3n) is 3.57. The van der Waals surface area contributed by atoms with Crippen molar-refractivity contribution in [3.05, 3.63) is 0 Å². The maximum atomic E-state index is 9.92. The summed E-state index contributed by atoms with van der Waals surface area (Å²) in [5, 5.41) is 9.92. The second-order valence-corrected chi connectivity index (χ2v) is 4.74. The van der Waals surface area contributed by atoms with E-state index >= 15 is 0 Å². The molecule has 2 aliphatic rings. The number of rotatable bonds is 3. The molecular formula is C11H20O2. The lowest BCUT2D eigenvalue weighted by molar-refractivity contribution is 0.0536. The van der Waals surface area contributed by atoms with Gasteiger partial charge in [0.1, 0.15) is 0 Å². The van der Waals surface area contributed by atoms with Gasteiger partial charge in [-0.05, 0) is 25.7 Å². The van der Waals surface area contributed by atoms with Crippen molar-refractivity contribution < 1.29 is 9.84 Å². The van der Waals surface area contributed by atoms with Crippen molar-refractivity contribution in [2.75, 3.05) is 6.61 Å². The molecule has 1 aliphatic heterocycles. The van der Waals surface area contributed by atoms with Crippen molar-refractivity contribution in [2.45, 2.75) is 51.2 Å². The standard InChI is InChI=1S/C11H20O2/c1-8-5-10(7-13-8)11(12)6-9-3-2-4-9/h8-12H,2-7H2,1H3. The Morgan fingerprint density at radius 3 is 2.69 bits per heavy atom. The highest BCUT2D eigenvalue weighted by Gasteiger charge is 2.31. The van der Waals surface area contributed by atoms with E-state index in [9.17, 15) is 5.11 Å². The number of ether oxygens (including phenoxy) is 1. The molecule has 0 aromatic heterocycles. The zero-order chi connectivity index (χ0) is 9.26. The topological polar surface area (TPSA) is 29.5 Å². The summed E-state index contributed by atoms with van der Waals surface area (Å²) >= 11 is 0. The second-order valence-electron chi connectivity index (χ2n) is 4.74. The molecule has 1 saturated heterocycles. The third-order valence-corrected chi connectivity index (χ3v) is 3.57. The van der Waals surface area contributed by atoms with E-state index in [4.69, 9.17) is 4.74 Å². The van der Waals surface area contributed by atoms with E-state index in [-0.39, 0.29) is 6.10 Å². The maximum absolute atomic E-state index is 9.92. The van der Waals surface area contributed by atoms with Gasteiger partial charge in [-0.3, -0.25) is 0 Å². The molecule has 0 amide bonds. The molecule has 1 N–H and O–H groups in total. The summed E-state index contributed by atoms with van der Waals surface area (Å²) in [6, 6.07) is 0. The fourth-order valence-corrected chi connectivity index (χ4v) is 2.38. The molecule has 76 valence electrons. The van der Waals surface area contributed by atoms with Crippen molar-refractivity contribution in [3.63, 3.8) is 0 Å². The molecule has 3 atom stereocenters. The Balaban J connectivity index is 1.72. The van der Waals surface area contributed by atoms with Crippen LogP contribution < -0.4 is 0 Å². The van der Waals surface area contributed by atoms with Crippen molar-refractivity contribution in [2.24, 2.45) is 11.8 Å². The predicted octanol–water partition coefficient (Wildman–Crippen LogP) is 1.96.